The minimum absolute atomic E-state index is 0.0549. The van der Waals surface area contributed by atoms with Crippen LogP contribution in [0, 0.1) is 5.92 Å². The summed E-state index contributed by atoms with van der Waals surface area (Å²) in [7, 11) is 0. The van der Waals surface area contributed by atoms with Crippen LogP contribution in [0.2, 0.25) is 0 Å². The summed E-state index contributed by atoms with van der Waals surface area (Å²) in [6, 6.07) is 6.16. The first kappa shape index (κ1) is 18.5. The Morgan fingerprint density at radius 1 is 1.26 bits per heavy atom. The Morgan fingerprint density at radius 3 is 2.26 bits per heavy atom. The molecule has 0 aliphatic carbocycles. The van der Waals surface area contributed by atoms with Gasteiger partial charge in [-0.25, -0.2) is 0 Å². The van der Waals surface area contributed by atoms with Crippen molar-refractivity contribution in [3.05, 3.63) is 29.8 Å². The highest BCUT2D eigenvalue weighted by Gasteiger charge is 2.33. The topological polar surface area (TPSA) is 119 Å². The maximum Gasteiger partial charge on any atom is 0.305 e. The number of benzene rings is 1. The van der Waals surface area contributed by atoms with E-state index >= 15 is 0 Å². The van der Waals surface area contributed by atoms with Gasteiger partial charge in [0, 0.05) is 5.56 Å². The van der Waals surface area contributed by atoms with Crippen LogP contribution in [0.5, 0.6) is 5.75 Å². The van der Waals surface area contributed by atoms with Crippen molar-refractivity contribution in [3.63, 3.8) is 0 Å². The van der Waals surface area contributed by atoms with Crippen molar-refractivity contribution in [3.8, 4) is 5.75 Å². The molecule has 23 heavy (non-hydrogen) atoms. The molecule has 0 fully saturated rings. The number of carbonyl (C=O) groups is 3. The predicted molar refractivity (Wildman–Crippen MR) is 84.1 cm³/mol. The molecule has 7 nitrogen and oxygen atoms in total. The van der Waals surface area contributed by atoms with E-state index in [2.05, 4.69) is 5.32 Å². The van der Waals surface area contributed by atoms with Crippen molar-refractivity contribution in [1.29, 1.82) is 0 Å². The SMILES string of the molecule is CC(C)C(C)(CC(=O)O)NC(=O)c1ccc(OCC(N)=O)cc1. The van der Waals surface area contributed by atoms with Crippen molar-refractivity contribution in [2.75, 3.05) is 6.61 Å². The largest absolute Gasteiger partial charge is 0.484 e. The molecule has 0 spiro atoms. The number of hydrogen-bond donors (Lipinski definition) is 3. The van der Waals surface area contributed by atoms with Gasteiger partial charge in [-0.1, -0.05) is 13.8 Å². The van der Waals surface area contributed by atoms with Crippen LogP contribution >= 0.6 is 0 Å². The fourth-order valence-corrected chi connectivity index (χ4v) is 1.90. The molecule has 0 aliphatic heterocycles. The van der Waals surface area contributed by atoms with E-state index in [9.17, 15) is 14.4 Å². The van der Waals surface area contributed by atoms with Crippen LogP contribution in [0.15, 0.2) is 24.3 Å². The van der Waals surface area contributed by atoms with Gasteiger partial charge in [-0.2, -0.15) is 0 Å². The molecule has 1 unspecified atom stereocenters. The fraction of sp³-hybridized carbons (Fsp3) is 0.438. The summed E-state index contributed by atoms with van der Waals surface area (Å²) >= 11 is 0. The Bertz CT molecular complexity index is 583. The van der Waals surface area contributed by atoms with Crippen LogP contribution in [0.3, 0.4) is 0 Å². The lowest BCUT2D eigenvalue weighted by atomic mass is 9.85. The van der Waals surface area contributed by atoms with Gasteiger partial charge in [0.1, 0.15) is 5.75 Å². The molecular weight excluding hydrogens is 300 g/mol. The summed E-state index contributed by atoms with van der Waals surface area (Å²) in [5, 5.41) is 11.8. The van der Waals surface area contributed by atoms with E-state index in [-0.39, 0.29) is 24.9 Å². The molecule has 1 atom stereocenters. The lowest BCUT2D eigenvalue weighted by Gasteiger charge is -2.33. The number of aliphatic carboxylic acids is 1. The average Bonchev–Trinajstić information content (AvgIpc) is 2.44. The van der Waals surface area contributed by atoms with Gasteiger partial charge in [-0.05, 0) is 37.1 Å². The summed E-state index contributed by atoms with van der Waals surface area (Å²) in [6.07, 6.45) is -0.170. The number of hydrogen-bond acceptors (Lipinski definition) is 4. The van der Waals surface area contributed by atoms with E-state index in [4.69, 9.17) is 15.6 Å². The number of nitrogens with one attached hydrogen (secondary N) is 1. The molecule has 1 aromatic rings. The summed E-state index contributed by atoms with van der Waals surface area (Å²) in [4.78, 5) is 33.9. The third-order valence-corrected chi connectivity index (χ3v) is 3.69. The zero-order valence-electron chi connectivity index (χ0n) is 13.5. The summed E-state index contributed by atoms with van der Waals surface area (Å²) in [5.41, 5.74) is 4.49. The van der Waals surface area contributed by atoms with Gasteiger partial charge in [0.2, 0.25) is 0 Å². The molecular formula is C16H22N2O5. The number of rotatable bonds is 8. The van der Waals surface area contributed by atoms with Gasteiger partial charge in [0.05, 0.1) is 12.0 Å². The predicted octanol–water partition coefficient (Wildman–Crippen LogP) is 1.17. The van der Waals surface area contributed by atoms with E-state index in [1.165, 1.54) is 12.1 Å². The maximum absolute atomic E-state index is 12.3. The van der Waals surface area contributed by atoms with Crippen molar-refractivity contribution in [2.24, 2.45) is 11.7 Å². The van der Waals surface area contributed by atoms with Gasteiger partial charge < -0.3 is 20.9 Å². The molecule has 1 rings (SSSR count). The molecule has 0 saturated heterocycles. The van der Waals surface area contributed by atoms with Crippen LogP contribution in [0.4, 0.5) is 0 Å². The number of nitrogens with two attached hydrogens (primary N) is 1. The van der Waals surface area contributed by atoms with Crippen LogP contribution in [0.25, 0.3) is 0 Å². The molecule has 0 radical (unpaired) electrons. The van der Waals surface area contributed by atoms with Gasteiger partial charge in [0.15, 0.2) is 6.61 Å². The Hall–Kier alpha value is -2.57. The smallest absolute Gasteiger partial charge is 0.305 e. The molecule has 4 N–H and O–H groups in total. The molecule has 0 heterocycles. The van der Waals surface area contributed by atoms with Gasteiger partial charge in [0.25, 0.3) is 11.8 Å². The normalized spacial score (nSPS) is 13.2. The van der Waals surface area contributed by atoms with E-state index in [1.807, 2.05) is 13.8 Å². The summed E-state index contributed by atoms with van der Waals surface area (Å²) in [6.45, 7) is 5.16. The molecule has 126 valence electrons. The quantitative estimate of drug-likeness (QED) is 0.664. The highest BCUT2D eigenvalue weighted by atomic mass is 16.5. The highest BCUT2D eigenvalue weighted by Crippen LogP contribution is 2.22. The number of ether oxygens (including phenoxy) is 1. The maximum atomic E-state index is 12.3. The standard InChI is InChI=1S/C16H22N2O5/c1-10(2)16(3,8-14(20)21)18-15(22)11-4-6-12(7-5-11)23-9-13(17)19/h4-7,10H,8-9H2,1-3H3,(H2,17,19)(H,18,22)(H,20,21). The molecule has 0 bridgehead atoms. The van der Waals surface area contributed by atoms with Crippen LogP contribution in [-0.4, -0.2) is 35.0 Å². The number of amides is 2. The fourth-order valence-electron chi connectivity index (χ4n) is 1.90. The first-order valence-corrected chi connectivity index (χ1v) is 7.19. The third kappa shape index (κ3) is 5.61. The first-order valence-electron chi connectivity index (χ1n) is 7.19. The minimum atomic E-state index is -0.975. The highest BCUT2D eigenvalue weighted by molar-refractivity contribution is 5.95. The zero-order valence-corrected chi connectivity index (χ0v) is 13.5. The van der Waals surface area contributed by atoms with Crippen molar-refractivity contribution < 1.29 is 24.2 Å². The second-order valence-corrected chi connectivity index (χ2v) is 5.88. The second kappa shape index (κ2) is 7.62. The van der Waals surface area contributed by atoms with E-state index < -0.39 is 17.4 Å². The zero-order chi connectivity index (χ0) is 17.6. The lowest BCUT2D eigenvalue weighted by molar-refractivity contribution is -0.139. The number of carboxylic acids is 1. The van der Waals surface area contributed by atoms with Gasteiger partial charge in [-0.15, -0.1) is 0 Å². The number of carbonyl (C=O) groups excluding carboxylic acids is 2. The molecule has 2 amide bonds. The average molecular weight is 322 g/mol. The van der Waals surface area contributed by atoms with Gasteiger partial charge >= 0.3 is 5.97 Å². The van der Waals surface area contributed by atoms with Crippen LogP contribution in [0.1, 0.15) is 37.6 Å². The van der Waals surface area contributed by atoms with Crippen LogP contribution in [-0.2, 0) is 9.59 Å². The molecule has 1 aromatic carbocycles. The molecule has 7 heteroatoms. The van der Waals surface area contributed by atoms with E-state index in [1.54, 1.807) is 19.1 Å². The number of primary amides is 1. The second-order valence-electron chi connectivity index (χ2n) is 5.88. The van der Waals surface area contributed by atoms with Crippen molar-refractivity contribution in [2.45, 2.75) is 32.7 Å². The van der Waals surface area contributed by atoms with Crippen molar-refractivity contribution in [1.82, 2.24) is 5.32 Å². The summed E-state index contributed by atoms with van der Waals surface area (Å²) in [5.74, 6) is -1.58. The Labute approximate surface area is 134 Å². The van der Waals surface area contributed by atoms with Gasteiger partial charge in [-0.3, -0.25) is 14.4 Å². The Morgan fingerprint density at radius 2 is 1.83 bits per heavy atom. The first-order chi connectivity index (χ1) is 10.6. The molecule has 0 saturated carbocycles. The molecule has 0 aromatic heterocycles. The monoisotopic (exact) mass is 322 g/mol. The van der Waals surface area contributed by atoms with E-state index in [0.29, 0.717) is 11.3 Å². The molecule has 0 aliphatic rings. The third-order valence-electron chi connectivity index (χ3n) is 3.69. The van der Waals surface area contributed by atoms with Crippen LogP contribution < -0.4 is 15.8 Å². The lowest BCUT2D eigenvalue weighted by Crippen LogP contribution is -2.51. The number of carboxylic acid groups (broad SMARTS) is 1. The van der Waals surface area contributed by atoms with Crippen molar-refractivity contribution >= 4 is 17.8 Å². The Balaban J connectivity index is 2.80. The summed E-state index contributed by atoms with van der Waals surface area (Å²) < 4.78 is 5.11. The Kier molecular flexibility index (Phi) is 6.12. The minimum Gasteiger partial charge on any atom is -0.484 e. The van der Waals surface area contributed by atoms with E-state index in [0.717, 1.165) is 0 Å².